The predicted molar refractivity (Wildman–Crippen MR) is 70.6 cm³/mol. The number of ether oxygens (including phenoxy) is 1. The van der Waals surface area contributed by atoms with Crippen molar-refractivity contribution >= 4 is 11.9 Å². The fourth-order valence-electron chi connectivity index (χ4n) is 2.54. The van der Waals surface area contributed by atoms with Crippen LogP contribution in [-0.4, -0.2) is 51.2 Å². The number of rotatable bonds is 6. The van der Waals surface area contributed by atoms with E-state index in [9.17, 15) is 9.59 Å². The molecule has 1 fully saturated rings. The molecular formula is C13H20N4O3. The minimum absolute atomic E-state index is 0.0298. The second-order valence-electron chi connectivity index (χ2n) is 4.94. The molecule has 1 saturated carbocycles. The second-order valence-corrected chi connectivity index (χ2v) is 4.94. The molecule has 110 valence electrons. The molecule has 0 aliphatic heterocycles. The lowest BCUT2D eigenvalue weighted by molar-refractivity contribution is -0.148. The number of aryl methyl sites for hydroxylation is 1. The van der Waals surface area contributed by atoms with Crippen molar-refractivity contribution in [3.05, 3.63) is 12.7 Å². The summed E-state index contributed by atoms with van der Waals surface area (Å²) in [5.74, 6) is -0.399. The van der Waals surface area contributed by atoms with Gasteiger partial charge < -0.3 is 9.64 Å². The Balaban J connectivity index is 1.93. The van der Waals surface area contributed by atoms with Crippen molar-refractivity contribution in [1.82, 2.24) is 19.7 Å². The first-order valence-corrected chi connectivity index (χ1v) is 6.89. The van der Waals surface area contributed by atoms with Crippen molar-refractivity contribution < 1.29 is 14.3 Å². The molecule has 1 aliphatic carbocycles. The highest BCUT2D eigenvalue weighted by Gasteiger charge is 2.28. The fraction of sp³-hybridized carbons (Fsp3) is 0.692. The Labute approximate surface area is 117 Å². The van der Waals surface area contributed by atoms with Crippen molar-refractivity contribution in [2.45, 2.75) is 44.7 Å². The van der Waals surface area contributed by atoms with Gasteiger partial charge in [-0.3, -0.25) is 14.3 Å². The molecule has 1 aromatic heterocycles. The van der Waals surface area contributed by atoms with E-state index >= 15 is 0 Å². The van der Waals surface area contributed by atoms with Gasteiger partial charge in [0.1, 0.15) is 19.2 Å². The quantitative estimate of drug-likeness (QED) is 0.714. The zero-order chi connectivity index (χ0) is 14.4. The zero-order valence-electron chi connectivity index (χ0n) is 11.7. The zero-order valence-corrected chi connectivity index (χ0v) is 11.7. The van der Waals surface area contributed by atoms with Crippen LogP contribution in [0, 0.1) is 0 Å². The second kappa shape index (κ2) is 7.02. The maximum Gasteiger partial charge on any atom is 0.325 e. The number of hydrogen-bond donors (Lipinski definition) is 0. The Hall–Kier alpha value is -1.92. The van der Waals surface area contributed by atoms with Crippen molar-refractivity contribution in [2.75, 3.05) is 13.7 Å². The van der Waals surface area contributed by atoms with E-state index in [1.54, 1.807) is 15.9 Å². The summed E-state index contributed by atoms with van der Waals surface area (Å²) in [6, 6.07) is 0.164. The number of hydrogen-bond acceptors (Lipinski definition) is 5. The van der Waals surface area contributed by atoms with Crippen LogP contribution in [0.1, 0.15) is 32.1 Å². The van der Waals surface area contributed by atoms with Crippen LogP contribution in [0.15, 0.2) is 12.7 Å². The highest BCUT2D eigenvalue weighted by Crippen LogP contribution is 2.24. The van der Waals surface area contributed by atoms with Crippen LogP contribution < -0.4 is 0 Å². The fourth-order valence-corrected chi connectivity index (χ4v) is 2.54. The molecule has 1 aromatic rings. The first kappa shape index (κ1) is 14.5. The lowest BCUT2D eigenvalue weighted by Crippen LogP contribution is -2.42. The number of carbonyl (C=O) groups excluding carboxylic acids is 2. The summed E-state index contributed by atoms with van der Waals surface area (Å²) in [5.41, 5.74) is 0. The van der Waals surface area contributed by atoms with Gasteiger partial charge in [0.25, 0.3) is 0 Å². The lowest BCUT2D eigenvalue weighted by Gasteiger charge is -2.28. The number of esters is 1. The Morgan fingerprint density at radius 1 is 1.40 bits per heavy atom. The largest absolute Gasteiger partial charge is 0.468 e. The third-order valence-corrected chi connectivity index (χ3v) is 3.63. The third-order valence-electron chi connectivity index (χ3n) is 3.63. The van der Waals surface area contributed by atoms with E-state index in [0.29, 0.717) is 13.0 Å². The van der Waals surface area contributed by atoms with E-state index in [1.807, 2.05) is 0 Å². The number of nitrogens with zero attached hydrogens (tertiary/aromatic N) is 4. The minimum atomic E-state index is -0.369. The molecule has 0 N–H and O–H groups in total. The van der Waals surface area contributed by atoms with Gasteiger partial charge in [-0.25, -0.2) is 4.98 Å². The van der Waals surface area contributed by atoms with Crippen molar-refractivity contribution in [2.24, 2.45) is 0 Å². The maximum atomic E-state index is 12.3. The molecule has 0 aromatic carbocycles. The average molecular weight is 280 g/mol. The van der Waals surface area contributed by atoms with Crippen LogP contribution in [0.3, 0.4) is 0 Å². The monoisotopic (exact) mass is 280 g/mol. The van der Waals surface area contributed by atoms with Gasteiger partial charge in [-0.15, -0.1) is 0 Å². The van der Waals surface area contributed by atoms with Crippen molar-refractivity contribution in [3.63, 3.8) is 0 Å². The van der Waals surface area contributed by atoms with Crippen LogP contribution in [0.2, 0.25) is 0 Å². The van der Waals surface area contributed by atoms with E-state index in [4.69, 9.17) is 0 Å². The Morgan fingerprint density at radius 3 is 2.75 bits per heavy atom. The van der Waals surface area contributed by atoms with Gasteiger partial charge in [0.15, 0.2) is 0 Å². The van der Waals surface area contributed by atoms with Crippen molar-refractivity contribution in [1.29, 1.82) is 0 Å². The Kier molecular flexibility index (Phi) is 5.09. The van der Waals surface area contributed by atoms with Crippen LogP contribution >= 0.6 is 0 Å². The van der Waals surface area contributed by atoms with E-state index in [0.717, 1.165) is 25.7 Å². The van der Waals surface area contributed by atoms with Crippen LogP contribution in [0.4, 0.5) is 0 Å². The van der Waals surface area contributed by atoms with E-state index in [2.05, 4.69) is 14.8 Å². The van der Waals surface area contributed by atoms with E-state index in [1.165, 1.54) is 13.4 Å². The molecule has 0 atom stereocenters. The standard InChI is InChI=1S/C13H20N4O3/c1-20-13(19)8-17(11-4-2-3-5-11)12(18)6-7-16-10-14-9-15-16/h9-11H,2-8H2,1H3. The van der Waals surface area contributed by atoms with Crippen LogP contribution in [0.5, 0.6) is 0 Å². The summed E-state index contributed by atoms with van der Waals surface area (Å²) < 4.78 is 6.29. The molecular weight excluding hydrogens is 260 g/mol. The summed E-state index contributed by atoms with van der Waals surface area (Å²) in [4.78, 5) is 29.3. The molecule has 20 heavy (non-hydrogen) atoms. The smallest absolute Gasteiger partial charge is 0.325 e. The van der Waals surface area contributed by atoms with Gasteiger partial charge in [-0.1, -0.05) is 12.8 Å². The summed E-state index contributed by atoms with van der Waals surface area (Å²) in [6.07, 6.45) is 7.48. The Morgan fingerprint density at radius 2 is 2.15 bits per heavy atom. The van der Waals surface area contributed by atoms with Gasteiger partial charge in [-0.2, -0.15) is 5.10 Å². The van der Waals surface area contributed by atoms with E-state index in [-0.39, 0.29) is 24.5 Å². The molecule has 7 nitrogen and oxygen atoms in total. The van der Waals surface area contributed by atoms with Gasteiger partial charge in [0.05, 0.1) is 13.7 Å². The first-order valence-electron chi connectivity index (χ1n) is 6.89. The molecule has 0 spiro atoms. The molecule has 0 bridgehead atoms. The minimum Gasteiger partial charge on any atom is -0.468 e. The van der Waals surface area contributed by atoms with Gasteiger partial charge in [0.2, 0.25) is 5.91 Å². The topological polar surface area (TPSA) is 77.3 Å². The van der Waals surface area contributed by atoms with E-state index < -0.39 is 0 Å². The third kappa shape index (κ3) is 3.79. The maximum absolute atomic E-state index is 12.3. The molecule has 7 heteroatoms. The molecule has 2 rings (SSSR count). The molecule has 1 amide bonds. The van der Waals surface area contributed by atoms with Crippen molar-refractivity contribution in [3.8, 4) is 0 Å². The first-order chi connectivity index (χ1) is 9.70. The molecule has 1 aliphatic rings. The molecule has 0 saturated heterocycles. The normalized spacial score (nSPS) is 15.2. The van der Waals surface area contributed by atoms with Gasteiger partial charge in [-0.05, 0) is 12.8 Å². The molecule has 0 unspecified atom stereocenters. The number of aromatic nitrogens is 3. The average Bonchev–Trinajstić information content (AvgIpc) is 3.14. The van der Waals surface area contributed by atoms with Gasteiger partial charge in [0, 0.05) is 12.5 Å². The molecule has 1 heterocycles. The highest BCUT2D eigenvalue weighted by molar-refractivity contribution is 5.82. The summed E-state index contributed by atoms with van der Waals surface area (Å²) in [7, 11) is 1.34. The van der Waals surface area contributed by atoms with Crippen LogP contribution in [0.25, 0.3) is 0 Å². The van der Waals surface area contributed by atoms with Gasteiger partial charge >= 0.3 is 5.97 Å². The summed E-state index contributed by atoms with van der Waals surface area (Å²) in [5, 5.41) is 3.97. The summed E-state index contributed by atoms with van der Waals surface area (Å²) in [6.45, 7) is 0.514. The predicted octanol–water partition coefficient (Wildman–Crippen LogP) is 0.612. The Bertz CT molecular complexity index is 440. The number of carbonyl (C=O) groups is 2. The lowest BCUT2D eigenvalue weighted by atomic mass is 10.2. The summed E-state index contributed by atoms with van der Waals surface area (Å²) >= 11 is 0. The van der Waals surface area contributed by atoms with Crippen LogP contribution in [-0.2, 0) is 20.9 Å². The molecule has 0 radical (unpaired) electrons. The number of methoxy groups -OCH3 is 1. The number of amides is 1. The SMILES string of the molecule is COC(=O)CN(C(=O)CCn1cncn1)C1CCCC1. The highest BCUT2D eigenvalue weighted by atomic mass is 16.5.